The number of aliphatic carboxylic acids is 1. The summed E-state index contributed by atoms with van der Waals surface area (Å²) in [4.78, 5) is 13.6. The average molecular weight is 345 g/mol. The Morgan fingerprint density at radius 3 is 2.76 bits per heavy atom. The highest BCUT2D eigenvalue weighted by Crippen LogP contribution is 2.41. The molecule has 25 heavy (non-hydrogen) atoms. The zero-order valence-corrected chi connectivity index (χ0v) is 14.5. The second-order valence-corrected chi connectivity index (χ2v) is 6.17. The van der Waals surface area contributed by atoms with Crippen LogP contribution in [-0.4, -0.2) is 43.3 Å². The van der Waals surface area contributed by atoms with Crippen LogP contribution in [0.25, 0.3) is 0 Å². The van der Waals surface area contributed by atoms with Gasteiger partial charge in [0.1, 0.15) is 5.76 Å². The van der Waals surface area contributed by atoms with E-state index in [1.54, 1.807) is 20.5 Å². The molecule has 0 amide bonds. The third kappa shape index (κ3) is 3.49. The van der Waals surface area contributed by atoms with E-state index >= 15 is 0 Å². The zero-order chi connectivity index (χ0) is 17.8. The molecule has 1 aromatic carbocycles. The zero-order valence-electron chi connectivity index (χ0n) is 14.5. The maximum Gasteiger partial charge on any atom is 0.307 e. The maximum absolute atomic E-state index is 11.5. The molecular weight excluding hydrogens is 322 g/mol. The van der Waals surface area contributed by atoms with Crippen LogP contribution in [0.5, 0.6) is 11.5 Å². The fourth-order valence-corrected chi connectivity index (χ4v) is 3.55. The molecular formula is C19H23NO5. The number of carboxylic acid groups (broad SMARTS) is 1. The van der Waals surface area contributed by atoms with Crippen molar-refractivity contribution in [3.63, 3.8) is 0 Å². The highest BCUT2D eigenvalue weighted by Gasteiger charge is 2.34. The number of nitrogens with zero attached hydrogens (tertiary/aromatic N) is 1. The summed E-state index contributed by atoms with van der Waals surface area (Å²) in [5.74, 6) is 0.924. The SMILES string of the molecule is COc1cccc(C(c2ccco2)N2CCCC(C(=O)O)C2)c1OC. The van der Waals surface area contributed by atoms with Gasteiger partial charge in [-0.25, -0.2) is 0 Å². The molecule has 2 aromatic rings. The van der Waals surface area contributed by atoms with Gasteiger partial charge in [-0.1, -0.05) is 12.1 Å². The first-order chi connectivity index (χ1) is 12.2. The maximum atomic E-state index is 11.5. The Hall–Kier alpha value is -2.47. The van der Waals surface area contributed by atoms with Crippen molar-refractivity contribution in [3.8, 4) is 11.5 Å². The standard InChI is InChI=1S/C19H23NO5/c1-23-16-8-3-7-14(18(16)24-2)17(15-9-5-11-25-15)20-10-4-6-13(12-20)19(21)22/h3,5,7-9,11,13,17H,4,6,10,12H2,1-2H3,(H,21,22). The smallest absolute Gasteiger partial charge is 0.307 e. The number of carbonyl (C=O) groups is 1. The summed E-state index contributed by atoms with van der Waals surface area (Å²) in [7, 11) is 3.21. The molecule has 2 heterocycles. The molecule has 3 rings (SSSR count). The molecule has 2 atom stereocenters. The van der Waals surface area contributed by atoms with E-state index in [9.17, 15) is 9.90 Å². The van der Waals surface area contributed by atoms with Gasteiger partial charge < -0.3 is 19.0 Å². The number of likely N-dealkylation sites (tertiary alicyclic amines) is 1. The van der Waals surface area contributed by atoms with Crippen LogP contribution in [0.15, 0.2) is 41.0 Å². The largest absolute Gasteiger partial charge is 0.493 e. The van der Waals surface area contributed by atoms with Gasteiger partial charge in [0.05, 0.1) is 32.4 Å². The summed E-state index contributed by atoms with van der Waals surface area (Å²) in [6, 6.07) is 9.26. The molecule has 1 fully saturated rings. The van der Waals surface area contributed by atoms with E-state index in [4.69, 9.17) is 13.9 Å². The number of piperidine rings is 1. The third-order valence-electron chi connectivity index (χ3n) is 4.71. The highest BCUT2D eigenvalue weighted by atomic mass is 16.5. The Labute approximate surface area is 147 Å². The lowest BCUT2D eigenvalue weighted by Gasteiger charge is -2.36. The molecule has 0 spiro atoms. The number of hydrogen-bond donors (Lipinski definition) is 1. The lowest BCUT2D eigenvalue weighted by molar-refractivity contribution is -0.143. The fraction of sp³-hybridized carbons (Fsp3) is 0.421. The second kappa shape index (κ2) is 7.61. The summed E-state index contributed by atoms with van der Waals surface area (Å²) >= 11 is 0. The van der Waals surface area contributed by atoms with Crippen molar-refractivity contribution < 1.29 is 23.8 Å². The minimum absolute atomic E-state index is 0.220. The number of furan rings is 1. The van der Waals surface area contributed by atoms with Crippen LogP contribution in [0.4, 0.5) is 0 Å². The number of hydrogen-bond acceptors (Lipinski definition) is 5. The molecule has 1 saturated heterocycles. The molecule has 2 unspecified atom stereocenters. The van der Waals surface area contributed by atoms with Gasteiger partial charge in [0.2, 0.25) is 0 Å². The lowest BCUT2D eigenvalue weighted by Crippen LogP contribution is -2.41. The van der Waals surface area contributed by atoms with Crippen molar-refractivity contribution in [3.05, 3.63) is 47.9 Å². The van der Waals surface area contributed by atoms with Crippen LogP contribution in [0.2, 0.25) is 0 Å². The van der Waals surface area contributed by atoms with Crippen LogP contribution in [0.3, 0.4) is 0 Å². The first-order valence-electron chi connectivity index (χ1n) is 8.36. The Balaban J connectivity index is 2.04. The van der Waals surface area contributed by atoms with E-state index in [-0.39, 0.29) is 12.0 Å². The van der Waals surface area contributed by atoms with Gasteiger partial charge in [-0.15, -0.1) is 0 Å². The Morgan fingerprint density at radius 2 is 2.12 bits per heavy atom. The second-order valence-electron chi connectivity index (χ2n) is 6.17. The number of benzene rings is 1. The van der Waals surface area contributed by atoms with Crippen LogP contribution in [0, 0.1) is 5.92 Å². The van der Waals surface area contributed by atoms with Gasteiger partial charge in [0.25, 0.3) is 0 Å². The Bertz CT molecular complexity index is 713. The predicted octanol–water partition coefficient (Wildman–Crippen LogP) is 3.18. The number of carboxylic acids is 1. The lowest BCUT2D eigenvalue weighted by atomic mass is 9.93. The molecule has 1 N–H and O–H groups in total. The van der Waals surface area contributed by atoms with Gasteiger partial charge in [-0.2, -0.15) is 0 Å². The van der Waals surface area contributed by atoms with Crippen LogP contribution in [0.1, 0.15) is 30.2 Å². The molecule has 6 nitrogen and oxygen atoms in total. The summed E-state index contributed by atoms with van der Waals surface area (Å²) < 4.78 is 16.7. The van der Waals surface area contributed by atoms with E-state index in [0.717, 1.165) is 24.3 Å². The number of ether oxygens (including phenoxy) is 2. The first-order valence-corrected chi connectivity index (χ1v) is 8.36. The quantitative estimate of drug-likeness (QED) is 0.867. The number of methoxy groups -OCH3 is 2. The normalized spacial score (nSPS) is 19.4. The fourth-order valence-electron chi connectivity index (χ4n) is 3.55. The van der Waals surface area contributed by atoms with E-state index in [0.29, 0.717) is 24.5 Å². The molecule has 0 saturated carbocycles. The van der Waals surface area contributed by atoms with Crippen LogP contribution < -0.4 is 9.47 Å². The molecule has 134 valence electrons. The van der Waals surface area contributed by atoms with E-state index in [1.165, 1.54) is 0 Å². The molecule has 1 aliphatic heterocycles. The van der Waals surface area contributed by atoms with Crippen molar-refractivity contribution in [2.45, 2.75) is 18.9 Å². The number of para-hydroxylation sites is 1. The highest BCUT2D eigenvalue weighted by molar-refractivity contribution is 5.70. The molecule has 1 aliphatic rings. The molecule has 6 heteroatoms. The van der Waals surface area contributed by atoms with Crippen molar-refractivity contribution >= 4 is 5.97 Å². The summed E-state index contributed by atoms with van der Waals surface area (Å²) in [6.07, 6.45) is 3.17. The number of rotatable bonds is 6. The van der Waals surface area contributed by atoms with Crippen molar-refractivity contribution in [2.24, 2.45) is 5.92 Å². The monoisotopic (exact) mass is 345 g/mol. The summed E-state index contributed by atoms with van der Waals surface area (Å²) in [5, 5.41) is 9.43. The molecule has 0 bridgehead atoms. The van der Waals surface area contributed by atoms with Gasteiger partial charge in [0.15, 0.2) is 11.5 Å². The predicted molar refractivity (Wildman–Crippen MR) is 92.0 cm³/mol. The van der Waals surface area contributed by atoms with E-state index in [2.05, 4.69) is 4.90 Å². The van der Waals surface area contributed by atoms with Crippen LogP contribution in [-0.2, 0) is 4.79 Å². The van der Waals surface area contributed by atoms with Gasteiger partial charge in [-0.05, 0) is 37.6 Å². The first kappa shape index (κ1) is 17.4. The van der Waals surface area contributed by atoms with Crippen molar-refractivity contribution in [1.29, 1.82) is 0 Å². The van der Waals surface area contributed by atoms with Crippen molar-refractivity contribution in [1.82, 2.24) is 4.90 Å². The third-order valence-corrected chi connectivity index (χ3v) is 4.71. The van der Waals surface area contributed by atoms with Gasteiger partial charge in [0, 0.05) is 12.1 Å². The topological polar surface area (TPSA) is 72.1 Å². The minimum atomic E-state index is -0.750. The molecule has 1 aromatic heterocycles. The van der Waals surface area contributed by atoms with Crippen molar-refractivity contribution in [2.75, 3.05) is 27.3 Å². The Morgan fingerprint density at radius 1 is 1.28 bits per heavy atom. The van der Waals surface area contributed by atoms with Gasteiger partial charge in [-0.3, -0.25) is 9.69 Å². The summed E-state index contributed by atoms with van der Waals surface area (Å²) in [5.41, 5.74) is 0.905. The van der Waals surface area contributed by atoms with Crippen LogP contribution >= 0.6 is 0 Å². The molecule has 0 radical (unpaired) electrons. The minimum Gasteiger partial charge on any atom is -0.493 e. The molecule has 0 aliphatic carbocycles. The van der Waals surface area contributed by atoms with E-state index in [1.807, 2.05) is 30.3 Å². The Kier molecular flexibility index (Phi) is 5.28. The average Bonchev–Trinajstić information content (AvgIpc) is 3.16. The van der Waals surface area contributed by atoms with Gasteiger partial charge >= 0.3 is 5.97 Å². The summed E-state index contributed by atoms with van der Waals surface area (Å²) in [6.45, 7) is 1.27. The van der Waals surface area contributed by atoms with E-state index < -0.39 is 5.97 Å².